The monoisotopic (exact) mass is 325 g/mol. The molecule has 0 aliphatic carbocycles. The molecule has 1 N–H and O–H groups in total. The van der Waals surface area contributed by atoms with Crippen LogP contribution in [0.2, 0.25) is 0 Å². The number of aryl methyl sites for hydroxylation is 1. The Morgan fingerprint density at radius 2 is 1.74 bits per heavy atom. The van der Waals surface area contributed by atoms with Gasteiger partial charge in [-0.05, 0) is 33.5 Å². The van der Waals surface area contributed by atoms with E-state index in [9.17, 15) is 9.59 Å². The van der Waals surface area contributed by atoms with E-state index in [1.807, 2.05) is 19.0 Å². The van der Waals surface area contributed by atoms with Gasteiger partial charge in [-0.15, -0.1) is 0 Å². The SMILES string of the molecule is COCCN(CCN(C)C)C(=O)c1[nH]c(C)c(C(=O)OC)c1C. The third-order valence-electron chi connectivity index (χ3n) is 3.71. The van der Waals surface area contributed by atoms with E-state index >= 15 is 0 Å². The zero-order valence-corrected chi connectivity index (χ0v) is 14.9. The first kappa shape index (κ1) is 19.2. The third kappa shape index (κ3) is 4.80. The van der Waals surface area contributed by atoms with Gasteiger partial charge in [-0.2, -0.15) is 0 Å². The summed E-state index contributed by atoms with van der Waals surface area (Å²) in [5.74, 6) is -0.577. The lowest BCUT2D eigenvalue weighted by Crippen LogP contribution is -2.39. The number of aromatic amines is 1. The van der Waals surface area contributed by atoms with Crippen LogP contribution in [0.1, 0.15) is 32.1 Å². The maximum atomic E-state index is 12.8. The van der Waals surface area contributed by atoms with Crippen molar-refractivity contribution in [1.82, 2.24) is 14.8 Å². The summed E-state index contributed by atoms with van der Waals surface area (Å²) in [6.07, 6.45) is 0. The molecule has 0 aliphatic heterocycles. The number of hydrogen-bond acceptors (Lipinski definition) is 5. The molecular formula is C16H27N3O4. The lowest BCUT2D eigenvalue weighted by Gasteiger charge is -2.24. The van der Waals surface area contributed by atoms with Crippen molar-refractivity contribution in [2.75, 3.05) is 54.6 Å². The van der Waals surface area contributed by atoms with Crippen molar-refractivity contribution in [3.05, 3.63) is 22.5 Å². The summed E-state index contributed by atoms with van der Waals surface area (Å²) in [5, 5.41) is 0. The van der Waals surface area contributed by atoms with Crippen LogP contribution in [-0.2, 0) is 9.47 Å². The second kappa shape index (κ2) is 8.69. The molecule has 0 unspecified atom stereocenters. The number of likely N-dealkylation sites (N-methyl/N-ethyl adjacent to an activating group) is 1. The van der Waals surface area contributed by atoms with Gasteiger partial charge in [-0.3, -0.25) is 4.79 Å². The van der Waals surface area contributed by atoms with E-state index in [2.05, 4.69) is 4.98 Å². The summed E-state index contributed by atoms with van der Waals surface area (Å²) in [7, 11) is 6.85. The summed E-state index contributed by atoms with van der Waals surface area (Å²) in [5.41, 5.74) is 2.11. The van der Waals surface area contributed by atoms with Crippen molar-refractivity contribution in [1.29, 1.82) is 0 Å². The standard InChI is InChI=1S/C16H27N3O4/c1-11-13(16(21)23-6)12(2)17-14(11)15(20)19(9-10-22-5)8-7-18(3)4/h17H,7-10H2,1-6H3. The Hall–Kier alpha value is -1.86. The van der Waals surface area contributed by atoms with Gasteiger partial charge in [0.2, 0.25) is 0 Å². The highest BCUT2D eigenvalue weighted by molar-refractivity contribution is 6.00. The lowest BCUT2D eigenvalue weighted by atomic mass is 10.1. The number of hydrogen-bond donors (Lipinski definition) is 1. The first-order valence-corrected chi connectivity index (χ1v) is 7.53. The molecule has 1 aromatic heterocycles. The fraction of sp³-hybridized carbons (Fsp3) is 0.625. The number of ether oxygens (including phenoxy) is 2. The summed E-state index contributed by atoms with van der Waals surface area (Å²) in [4.78, 5) is 31.4. The second-order valence-corrected chi connectivity index (χ2v) is 5.70. The molecule has 0 bridgehead atoms. The topological polar surface area (TPSA) is 74.9 Å². The maximum absolute atomic E-state index is 12.8. The Labute approximate surface area is 137 Å². The minimum absolute atomic E-state index is 0.139. The van der Waals surface area contributed by atoms with Gasteiger partial charge in [0.1, 0.15) is 5.69 Å². The smallest absolute Gasteiger partial charge is 0.339 e. The number of nitrogens with zero attached hydrogens (tertiary/aromatic N) is 2. The van der Waals surface area contributed by atoms with Crippen LogP contribution >= 0.6 is 0 Å². The molecule has 0 aromatic carbocycles. The van der Waals surface area contributed by atoms with E-state index in [1.54, 1.807) is 25.9 Å². The Bertz CT molecular complexity index is 552. The first-order valence-electron chi connectivity index (χ1n) is 7.53. The predicted octanol–water partition coefficient (Wildman–Crippen LogP) is 1.07. The van der Waals surface area contributed by atoms with E-state index in [4.69, 9.17) is 9.47 Å². The Morgan fingerprint density at radius 1 is 1.09 bits per heavy atom. The molecule has 0 spiro atoms. The molecule has 7 heteroatoms. The van der Waals surface area contributed by atoms with Gasteiger partial charge in [0, 0.05) is 32.4 Å². The van der Waals surface area contributed by atoms with Crippen LogP contribution in [0.3, 0.4) is 0 Å². The largest absolute Gasteiger partial charge is 0.465 e. The van der Waals surface area contributed by atoms with Crippen molar-refractivity contribution >= 4 is 11.9 Å². The molecule has 0 aliphatic rings. The lowest BCUT2D eigenvalue weighted by molar-refractivity contribution is 0.0599. The molecule has 130 valence electrons. The quantitative estimate of drug-likeness (QED) is 0.724. The molecule has 23 heavy (non-hydrogen) atoms. The summed E-state index contributed by atoms with van der Waals surface area (Å²) >= 11 is 0. The first-order chi connectivity index (χ1) is 10.8. The van der Waals surface area contributed by atoms with Crippen LogP contribution in [0.5, 0.6) is 0 Å². The predicted molar refractivity (Wildman–Crippen MR) is 87.9 cm³/mol. The van der Waals surface area contributed by atoms with Crippen LogP contribution in [0.4, 0.5) is 0 Å². The van der Waals surface area contributed by atoms with Gasteiger partial charge in [0.15, 0.2) is 0 Å². The van der Waals surface area contributed by atoms with E-state index in [1.165, 1.54) is 7.11 Å². The Kier molecular flexibility index (Phi) is 7.25. The van der Waals surface area contributed by atoms with Crippen molar-refractivity contribution in [3.63, 3.8) is 0 Å². The van der Waals surface area contributed by atoms with E-state index in [0.29, 0.717) is 42.2 Å². The number of amides is 1. The Balaban J connectivity index is 3.05. The summed E-state index contributed by atoms with van der Waals surface area (Å²) in [6, 6.07) is 0. The van der Waals surface area contributed by atoms with E-state index in [-0.39, 0.29) is 5.91 Å². The van der Waals surface area contributed by atoms with E-state index < -0.39 is 5.97 Å². The highest BCUT2D eigenvalue weighted by atomic mass is 16.5. The highest BCUT2D eigenvalue weighted by Gasteiger charge is 2.25. The number of esters is 1. The molecule has 0 atom stereocenters. The van der Waals surface area contributed by atoms with E-state index in [0.717, 1.165) is 6.54 Å². The minimum atomic E-state index is -0.438. The zero-order chi connectivity index (χ0) is 17.6. The average Bonchev–Trinajstić information content (AvgIpc) is 2.80. The fourth-order valence-electron chi connectivity index (χ4n) is 2.37. The number of carbonyl (C=O) groups excluding carboxylic acids is 2. The van der Waals surface area contributed by atoms with Gasteiger partial charge in [-0.1, -0.05) is 0 Å². The van der Waals surface area contributed by atoms with Crippen LogP contribution in [0, 0.1) is 13.8 Å². The number of H-pyrrole nitrogens is 1. The van der Waals surface area contributed by atoms with Crippen molar-refractivity contribution in [2.45, 2.75) is 13.8 Å². The molecule has 1 rings (SSSR count). The molecule has 0 saturated heterocycles. The minimum Gasteiger partial charge on any atom is -0.465 e. The van der Waals surface area contributed by atoms with Gasteiger partial charge in [0.05, 0.1) is 19.3 Å². The van der Waals surface area contributed by atoms with Gasteiger partial charge in [0.25, 0.3) is 5.91 Å². The van der Waals surface area contributed by atoms with Crippen molar-refractivity contribution < 1.29 is 19.1 Å². The molecule has 0 fully saturated rings. The van der Waals surface area contributed by atoms with Crippen LogP contribution in [0.15, 0.2) is 0 Å². The summed E-state index contributed by atoms with van der Waals surface area (Å²) < 4.78 is 9.87. The molecular weight excluding hydrogens is 298 g/mol. The number of rotatable bonds is 8. The molecule has 1 aromatic rings. The molecule has 1 heterocycles. The highest BCUT2D eigenvalue weighted by Crippen LogP contribution is 2.20. The molecule has 0 saturated carbocycles. The van der Waals surface area contributed by atoms with Crippen LogP contribution in [0.25, 0.3) is 0 Å². The second-order valence-electron chi connectivity index (χ2n) is 5.70. The van der Waals surface area contributed by atoms with Crippen molar-refractivity contribution in [2.24, 2.45) is 0 Å². The van der Waals surface area contributed by atoms with Gasteiger partial charge in [-0.25, -0.2) is 4.79 Å². The Morgan fingerprint density at radius 3 is 2.26 bits per heavy atom. The van der Waals surface area contributed by atoms with Gasteiger partial charge >= 0.3 is 5.97 Å². The average molecular weight is 325 g/mol. The normalized spacial score (nSPS) is 10.9. The third-order valence-corrected chi connectivity index (χ3v) is 3.71. The molecule has 7 nitrogen and oxygen atoms in total. The maximum Gasteiger partial charge on any atom is 0.339 e. The zero-order valence-electron chi connectivity index (χ0n) is 14.9. The fourth-order valence-corrected chi connectivity index (χ4v) is 2.37. The molecule has 1 amide bonds. The van der Waals surface area contributed by atoms with Crippen LogP contribution in [-0.4, -0.2) is 81.2 Å². The number of nitrogens with one attached hydrogen (secondary N) is 1. The molecule has 0 radical (unpaired) electrons. The van der Waals surface area contributed by atoms with Crippen molar-refractivity contribution in [3.8, 4) is 0 Å². The number of carbonyl (C=O) groups is 2. The number of aromatic nitrogens is 1. The van der Waals surface area contributed by atoms with Crippen LogP contribution < -0.4 is 0 Å². The van der Waals surface area contributed by atoms with Gasteiger partial charge < -0.3 is 24.3 Å². The number of methoxy groups -OCH3 is 2. The summed E-state index contributed by atoms with van der Waals surface area (Å²) in [6.45, 7) is 5.80.